The van der Waals surface area contributed by atoms with E-state index in [2.05, 4.69) is 5.32 Å². The van der Waals surface area contributed by atoms with Crippen molar-refractivity contribution in [2.45, 2.75) is 19.3 Å². The molecule has 0 aromatic rings. The first-order chi connectivity index (χ1) is 4.91. The molecule has 0 bridgehead atoms. The van der Waals surface area contributed by atoms with Crippen molar-refractivity contribution in [1.29, 1.82) is 0 Å². The third-order valence-electron chi connectivity index (χ3n) is 2.88. The molecule has 0 radical (unpaired) electrons. The molecule has 2 N–H and O–H groups in total. The molecule has 0 saturated carbocycles. The molecule has 2 heteroatoms. The van der Waals surface area contributed by atoms with Crippen molar-refractivity contribution in [1.82, 2.24) is 0 Å². The summed E-state index contributed by atoms with van der Waals surface area (Å²) in [5.74, 6) is 0. The summed E-state index contributed by atoms with van der Waals surface area (Å²) in [4.78, 5) is 0. The van der Waals surface area contributed by atoms with Crippen LogP contribution >= 0.6 is 0 Å². The summed E-state index contributed by atoms with van der Waals surface area (Å²) >= 11 is 0. The number of piperidine rings is 1. The molecule has 58 valence electrons. The number of quaternary nitrogens is 1. The summed E-state index contributed by atoms with van der Waals surface area (Å²) in [6.07, 6.45) is 4.11. The Bertz CT molecular complexity index is 110. The molecule has 0 aromatic heterocycles. The third-order valence-corrected chi connectivity index (χ3v) is 2.88. The van der Waals surface area contributed by atoms with E-state index in [9.17, 15) is 0 Å². The SMILES string of the molecule is C1C[NH2+]CC2(C1)CCOC2. The van der Waals surface area contributed by atoms with Gasteiger partial charge in [0.05, 0.1) is 19.7 Å². The predicted molar refractivity (Wildman–Crippen MR) is 38.8 cm³/mol. The summed E-state index contributed by atoms with van der Waals surface area (Å²) in [5.41, 5.74) is 0.595. The van der Waals surface area contributed by atoms with Crippen molar-refractivity contribution in [3.05, 3.63) is 0 Å². The van der Waals surface area contributed by atoms with Crippen LogP contribution in [-0.4, -0.2) is 26.3 Å². The quantitative estimate of drug-likeness (QED) is 0.496. The van der Waals surface area contributed by atoms with Crippen LogP contribution in [0.25, 0.3) is 0 Å². The van der Waals surface area contributed by atoms with Crippen molar-refractivity contribution >= 4 is 0 Å². The summed E-state index contributed by atoms with van der Waals surface area (Å²) in [5, 5.41) is 2.44. The standard InChI is InChI=1S/C8H15NO/c1-2-8(6-9-4-1)3-5-10-7-8/h9H,1-7H2/p+1. The Morgan fingerprint density at radius 3 is 2.90 bits per heavy atom. The average molecular weight is 142 g/mol. The molecule has 1 atom stereocenters. The first-order valence-corrected chi connectivity index (χ1v) is 4.31. The highest BCUT2D eigenvalue weighted by Gasteiger charge is 2.38. The lowest BCUT2D eigenvalue weighted by Crippen LogP contribution is -2.89. The minimum atomic E-state index is 0.595. The van der Waals surface area contributed by atoms with E-state index in [0.717, 1.165) is 13.2 Å². The zero-order valence-corrected chi connectivity index (χ0v) is 6.44. The van der Waals surface area contributed by atoms with Gasteiger partial charge in [-0.15, -0.1) is 0 Å². The fourth-order valence-electron chi connectivity index (χ4n) is 2.14. The number of rotatable bonds is 0. The van der Waals surface area contributed by atoms with E-state index < -0.39 is 0 Å². The average Bonchev–Trinajstić information content (AvgIpc) is 2.39. The fourth-order valence-corrected chi connectivity index (χ4v) is 2.14. The Labute approximate surface area is 61.9 Å². The Morgan fingerprint density at radius 2 is 2.30 bits per heavy atom. The highest BCUT2D eigenvalue weighted by molar-refractivity contribution is 4.83. The van der Waals surface area contributed by atoms with Gasteiger partial charge in [0.2, 0.25) is 0 Å². The first kappa shape index (κ1) is 6.62. The van der Waals surface area contributed by atoms with Crippen LogP contribution in [0.1, 0.15) is 19.3 Å². The molecule has 2 nitrogen and oxygen atoms in total. The molecule has 2 aliphatic heterocycles. The van der Waals surface area contributed by atoms with Gasteiger partial charge in [-0.25, -0.2) is 0 Å². The number of hydrogen-bond donors (Lipinski definition) is 1. The van der Waals surface area contributed by atoms with Crippen LogP contribution in [0.3, 0.4) is 0 Å². The molecule has 1 unspecified atom stereocenters. The molecule has 1 spiro atoms. The lowest BCUT2D eigenvalue weighted by atomic mass is 9.80. The summed E-state index contributed by atoms with van der Waals surface area (Å²) < 4.78 is 5.42. The molecule has 0 amide bonds. The van der Waals surface area contributed by atoms with Gasteiger partial charge in [-0.05, 0) is 19.3 Å². The lowest BCUT2D eigenvalue weighted by molar-refractivity contribution is -0.676. The van der Waals surface area contributed by atoms with E-state index in [1.165, 1.54) is 32.4 Å². The minimum absolute atomic E-state index is 0.595. The van der Waals surface area contributed by atoms with Crippen LogP contribution in [-0.2, 0) is 4.74 Å². The molecule has 10 heavy (non-hydrogen) atoms. The van der Waals surface area contributed by atoms with Crippen molar-refractivity contribution < 1.29 is 10.1 Å². The predicted octanol–water partition coefficient (Wildman–Crippen LogP) is -0.250. The van der Waals surface area contributed by atoms with Crippen molar-refractivity contribution in [3.63, 3.8) is 0 Å². The molecule has 2 saturated heterocycles. The van der Waals surface area contributed by atoms with Crippen molar-refractivity contribution in [3.8, 4) is 0 Å². The number of hydrogen-bond acceptors (Lipinski definition) is 1. The van der Waals surface area contributed by atoms with Crippen LogP contribution in [0.2, 0.25) is 0 Å². The highest BCUT2D eigenvalue weighted by atomic mass is 16.5. The maximum atomic E-state index is 5.42. The Morgan fingerprint density at radius 1 is 1.30 bits per heavy atom. The highest BCUT2D eigenvalue weighted by Crippen LogP contribution is 2.32. The molecular weight excluding hydrogens is 126 g/mol. The van der Waals surface area contributed by atoms with Gasteiger partial charge < -0.3 is 10.1 Å². The molecular formula is C8H16NO+. The van der Waals surface area contributed by atoms with Gasteiger partial charge in [-0.3, -0.25) is 0 Å². The van der Waals surface area contributed by atoms with Crippen LogP contribution in [0.4, 0.5) is 0 Å². The topological polar surface area (TPSA) is 25.8 Å². The molecule has 2 aliphatic rings. The largest absolute Gasteiger partial charge is 0.381 e. The van der Waals surface area contributed by atoms with Gasteiger partial charge in [0.1, 0.15) is 0 Å². The lowest BCUT2D eigenvalue weighted by Gasteiger charge is -2.29. The summed E-state index contributed by atoms with van der Waals surface area (Å²) in [6.45, 7) is 4.69. The zero-order chi connectivity index (χ0) is 6.86. The van der Waals surface area contributed by atoms with E-state index in [4.69, 9.17) is 4.74 Å². The fraction of sp³-hybridized carbons (Fsp3) is 1.00. The second-order valence-corrected chi connectivity index (χ2v) is 3.69. The second-order valence-electron chi connectivity index (χ2n) is 3.69. The van der Waals surface area contributed by atoms with E-state index in [0.29, 0.717) is 5.41 Å². The van der Waals surface area contributed by atoms with Gasteiger partial charge in [-0.2, -0.15) is 0 Å². The Hall–Kier alpha value is -0.0800. The van der Waals surface area contributed by atoms with E-state index in [1.807, 2.05) is 0 Å². The van der Waals surface area contributed by atoms with Crippen LogP contribution < -0.4 is 5.32 Å². The molecule has 0 aromatic carbocycles. The van der Waals surface area contributed by atoms with Gasteiger partial charge in [0.15, 0.2) is 0 Å². The Balaban J connectivity index is 1.98. The maximum Gasteiger partial charge on any atom is 0.0835 e. The molecule has 2 fully saturated rings. The van der Waals surface area contributed by atoms with E-state index in [1.54, 1.807) is 0 Å². The smallest absolute Gasteiger partial charge is 0.0835 e. The monoisotopic (exact) mass is 142 g/mol. The van der Waals surface area contributed by atoms with Gasteiger partial charge in [0.25, 0.3) is 0 Å². The first-order valence-electron chi connectivity index (χ1n) is 4.31. The zero-order valence-electron chi connectivity index (χ0n) is 6.44. The van der Waals surface area contributed by atoms with E-state index in [-0.39, 0.29) is 0 Å². The molecule has 2 heterocycles. The number of nitrogens with two attached hydrogens (primary N) is 1. The van der Waals surface area contributed by atoms with Crippen molar-refractivity contribution in [2.24, 2.45) is 5.41 Å². The third kappa shape index (κ3) is 1.06. The van der Waals surface area contributed by atoms with Gasteiger partial charge in [0, 0.05) is 12.0 Å². The normalized spacial score (nSPS) is 40.8. The van der Waals surface area contributed by atoms with Crippen molar-refractivity contribution in [2.75, 3.05) is 26.3 Å². The van der Waals surface area contributed by atoms with Gasteiger partial charge in [-0.1, -0.05) is 0 Å². The maximum absolute atomic E-state index is 5.42. The van der Waals surface area contributed by atoms with Gasteiger partial charge >= 0.3 is 0 Å². The summed E-state index contributed by atoms with van der Waals surface area (Å²) in [6, 6.07) is 0. The van der Waals surface area contributed by atoms with E-state index >= 15 is 0 Å². The number of ether oxygens (including phenoxy) is 1. The van der Waals surface area contributed by atoms with Crippen LogP contribution in [0.15, 0.2) is 0 Å². The second kappa shape index (κ2) is 2.51. The van der Waals surface area contributed by atoms with Crippen LogP contribution in [0.5, 0.6) is 0 Å². The Kier molecular flexibility index (Phi) is 1.66. The minimum Gasteiger partial charge on any atom is -0.381 e. The summed E-state index contributed by atoms with van der Waals surface area (Å²) in [7, 11) is 0. The molecule has 2 rings (SSSR count). The van der Waals surface area contributed by atoms with Crippen LogP contribution in [0, 0.1) is 5.41 Å². The molecule has 0 aliphatic carbocycles.